The van der Waals surface area contributed by atoms with E-state index in [0.717, 1.165) is 43.2 Å². The Kier molecular flexibility index (Phi) is 7.64. The summed E-state index contributed by atoms with van der Waals surface area (Å²) >= 11 is 0. The lowest BCUT2D eigenvalue weighted by Crippen LogP contribution is -2.51. The molecule has 0 unspecified atom stereocenters. The van der Waals surface area contributed by atoms with Crippen LogP contribution >= 0.6 is 24.0 Å². The highest BCUT2D eigenvalue weighted by atomic mass is 127. The summed E-state index contributed by atoms with van der Waals surface area (Å²) < 4.78 is 13.1. The lowest BCUT2D eigenvalue weighted by molar-refractivity contribution is 0.380. The van der Waals surface area contributed by atoms with Crippen molar-refractivity contribution < 1.29 is 4.39 Å². The average Bonchev–Trinajstić information content (AvgIpc) is 2.67. The van der Waals surface area contributed by atoms with Crippen LogP contribution in [0.4, 0.5) is 15.8 Å². The zero-order chi connectivity index (χ0) is 18.5. The molecule has 0 atom stereocenters. The zero-order valence-corrected chi connectivity index (χ0v) is 18.0. The molecular formula is C19H26FIN6. The molecule has 0 spiro atoms. The van der Waals surface area contributed by atoms with Crippen LogP contribution in [0.2, 0.25) is 0 Å². The van der Waals surface area contributed by atoms with Gasteiger partial charge in [0, 0.05) is 52.2 Å². The smallest absolute Gasteiger partial charge is 0.191 e. The topological polar surface area (TPSA) is 61.0 Å². The number of aromatic nitrogens is 1. The molecule has 6 nitrogen and oxygen atoms in total. The number of halogens is 2. The van der Waals surface area contributed by atoms with Gasteiger partial charge in [-0.3, -0.25) is 4.98 Å². The molecule has 0 aliphatic carbocycles. The van der Waals surface area contributed by atoms with Gasteiger partial charge in [0.1, 0.15) is 5.82 Å². The Morgan fingerprint density at radius 3 is 2.44 bits per heavy atom. The molecule has 0 amide bonds. The van der Waals surface area contributed by atoms with Crippen molar-refractivity contribution in [2.45, 2.75) is 6.54 Å². The van der Waals surface area contributed by atoms with Gasteiger partial charge in [0.05, 0.1) is 17.9 Å². The SMILES string of the molecule is CN(C)c1cccnc1CN=C(N)N1CCN(c2ccc(F)cc2)CC1.I. The second-order valence-corrected chi connectivity index (χ2v) is 6.49. The van der Waals surface area contributed by atoms with Crippen molar-refractivity contribution in [2.24, 2.45) is 10.7 Å². The lowest BCUT2D eigenvalue weighted by atomic mass is 10.2. The van der Waals surface area contributed by atoms with Crippen LogP contribution in [0.3, 0.4) is 0 Å². The van der Waals surface area contributed by atoms with E-state index in [1.165, 1.54) is 12.1 Å². The number of nitrogens with zero attached hydrogens (tertiary/aromatic N) is 5. The number of hydrogen-bond donors (Lipinski definition) is 1. The minimum absolute atomic E-state index is 0. The van der Waals surface area contributed by atoms with Crippen molar-refractivity contribution >= 4 is 41.3 Å². The molecule has 0 bridgehead atoms. The van der Waals surface area contributed by atoms with E-state index in [-0.39, 0.29) is 29.8 Å². The van der Waals surface area contributed by atoms with Gasteiger partial charge in [0.2, 0.25) is 0 Å². The molecule has 1 aliphatic rings. The molecule has 0 saturated carbocycles. The summed E-state index contributed by atoms with van der Waals surface area (Å²) in [5, 5.41) is 0. The number of guanidine groups is 1. The van der Waals surface area contributed by atoms with Gasteiger partial charge in [-0.1, -0.05) is 0 Å². The van der Waals surface area contributed by atoms with E-state index in [1.54, 1.807) is 6.20 Å². The van der Waals surface area contributed by atoms with Crippen LogP contribution in [0.5, 0.6) is 0 Å². The highest BCUT2D eigenvalue weighted by Gasteiger charge is 2.18. The second kappa shape index (κ2) is 9.72. The first-order valence-electron chi connectivity index (χ1n) is 8.71. The molecule has 27 heavy (non-hydrogen) atoms. The van der Waals surface area contributed by atoms with Gasteiger partial charge < -0.3 is 20.4 Å². The van der Waals surface area contributed by atoms with Gasteiger partial charge in [0.25, 0.3) is 0 Å². The molecule has 1 fully saturated rings. The van der Waals surface area contributed by atoms with E-state index in [0.29, 0.717) is 12.5 Å². The predicted molar refractivity (Wildman–Crippen MR) is 119 cm³/mol. The maximum Gasteiger partial charge on any atom is 0.191 e. The summed E-state index contributed by atoms with van der Waals surface area (Å²) in [4.78, 5) is 15.3. The predicted octanol–water partition coefficient (Wildman–Crippen LogP) is 2.54. The molecule has 2 aromatic rings. The van der Waals surface area contributed by atoms with Crippen molar-refractivity contribution in [1.29, 1.82) is 0 Å². The van der Waals surface area contributed by atoms with E-state index in [9.17, 15) is 4.39 Å². The van der Waals surface area contributed by atoms with E-state index in [1.807, 2.05) is 43.3 Å². The zero-order valence-electron chi connectivity index (χ0n) is 15.7. The maximum atomic E-state index is 13.1. The minimum atomic E-state index is -0.213. The van der Waals surface area contributed by atoms with Crippen LogP contribution < -0.4 is 15.5 Å². The summed E-state index contributed by atoms with van der Waals surface area (Å²) in [5.41, 5.74) is 9.18. The van der Waals surface area contributed by atoms with Crippen LogP contribution in [0.25, 0.3) is 0 Å². The van der Waals surface area contributed by atoms with Gasteiger partial charge >= 0.3 is 0 Å². The highest BCUT2D eigenvalue weighted by molar-refractivity contribution is 14.0. The van der Waals surface area contributed by atoms with E-state index < -0.39 is 0 Å². The van der Waals surface area contributed by atoms with Crippen molar-refractivity contribution in [1.82, 2.24) is 9.88 Å². The number of rotatable bonds is 4. The standard InChI is InChI=1S/C19H25FN6.HI/c1-24(2)18-4-3-9-22-17(18)14-23-19(21)26-12-10-25(11-13-26)16-7-5-15(20)6-8-16;/h3-9H,10-14H2,1-2H3,(H2,21,23);1H. The highest BCUT2D eigenvalue weighted by Crippen LogP contribution is 2.18. The molecule has 2 heterocycles. The summed E-state index contributed by atoms with van der Waals surface area (Å²) in [7, 11) is 3.98. The normalized spacial score (nSPS) is 14.7. The van der Waals surface area contributed by atoms with Gasteiger partial charge in [-0.25, -0.2) is 9.38 Å². The molecule has 8 heteroatoms. The van der Waals surface area contributed by atoms with Crippen molar-refractivity contribution in [2.75, 3.05) is 50.1 Å². The monoisotopic (exact) mass is 484 g/mol. The second-order valence-electron chi connectivity index (χ2n) is 6.49. The van der Waals surface area contributed by atoms with Crippen LogP contribution in [-0.2, 0) is 6.54 Å². The van der Waals surface area contributed by atoms with Crippen LogP contribution in [0.15, 0.2) is 47.6 Å². The Morgan fingerprint density at radius 1 is 1.15 bits per heavy atom. The largest absolute Gasteiger partial charge is 0.376 e. The molecular weight excluding hydrogens is 458 g/mol. The van der Waals surface area contributed by atoms with Gasteiger partial charge in [0.15, 0.2) is 5.96 Å². The molecule has 1 aliphatic heterocycles. The molecule has 146 valence electrons. The molecule has 0 radical (unpaired) electrons. The number of hydrogen-bond acceptors (Lipinski definition) is 4. The quantitative estimate of drug-likeness (QED) is 0.411. The number of anilines is 2. The fraction of sp³-hybridized carbons (Fsp3) is 0.368. The fourth-order valence-corrected chi connectivity index (χ4v) is 3.06. The first-order valence-corrected chi connectivity index (χ1v) is 8.71. The Labute approximate surface area is 176 Å². The van der Waals surface area contributed by atoms with E-state index >= 15 is 0 Å². The Balaban J connectivity index is 0.00000261. The van der Waals surface area contributed by atoms with Crippen LogP contribution in [0, 0.1) is 5.82 Å². The Hall–Kier alpha value is -2.10. The molecule has 2 N–H and O–H groups in total. The summed E-state index contributed by atoms with van der Waals surface area (Å²) in [6.45, 7) is 3.69. The third-order valence-electron chi connectivity index (χ3n) is 4.53. The summed E-state index contributed by atoms with van der Waals surface area (Å²) in [6.07, 6.45) is 1.77. The van der Waals surface area contributed by atoms with Crippen LogP contribution in [0.1, 0.15) is 5.69 Å². The third-order valence-corrected chi connectivity index (χ3v) is 4.53. The van der Waals surface area contributed by atoms with Crippen molar-refractivity contribution in [3.63, 3.8) is 0 Å². The minimum Gasteiger partial charge on any atom is -0.376 e. The van der Waals surface area contributed by atoms with E-state index in [4.69, 9.17) is 5.73 Å². The van der Waals surface area contributed by atoms with E-state index in [2.05, 4.69) is 19.8 Å². The van der Waals surface area contributed by atoms with Crippen LogP contribution in [-0.4, -0.2) is 56.1 Å². The molecule has 1 saturated heterocycles. The van der Waals surface area contributed by atoms with Gasteiger partial charge in [-0.15, -0.1) is 24.0 Å². The van der Waals surface area contributed by atoms with Crippen molar-refractivity contribution in [3.8, 4) is 0 Å². The molecule has 1 aromatic heterocycles. The average molecular weight is 484 g/mol. The number of aliphatic imine (C=N–C) groups is 1. The number of nitrogens with two attached hydrogens (primary N) is 1. The van der Waals surface area contributed by atoms with Gasteiger partial charge in [-0.2, -0.15) is 0 Å². The number of piperazine rings is 1. The Bertz CT molecular complexity index is 757. The molecule has 3 rings (SSSR count). The Morgan fingerprint density at radius 2 is 1.81 bits per heavy atom. The number of pyridine rings is 1. The fourth-order valence-electron chi connectivity index (χ4n) is 3.06. The summed E-state index contributed by atoms with van der Waals surface area (Å²) in [6, 6.07) is 10.5. The first kappa shape index (κ1) is 21.2. The lowest BCUT2D eigenvalue weighted by Gasteiger charge is -2.36. The number of benzene rings is 1. The maximum absolute atomic E-state index is 13.1. The molecule has 1 aromatic carbocycles. The van der Waals surface area contributed by atoms with Gasteiger partial charge in [-0.05, 0) is 36.4 Å². The third kappa shape index (κ3) is 5.44. The van der Waals surface area contributed by atoms with Crippen molar-refractivity contribution in [3.05, 3.63) is 54.1 Å². The summed E-state index contributed by atoms with van der Waals surface area (Å²) in [5.74, 6) is 0.328. The first-order chi connectivity index (χ1) is 12.5.